The maximum Gasteiger partial charge on any atom is 0.245 e. The zero-order valence-electron chi connectivity index (χ0n) is 18.0. The number of H-pyrrole nitrogens is 1. The Labute approximate surface area is 182 Å². The Morgan fingerprint density at radius 3 is 2.52 bits per heavy atom. The lowest BCUT2D eigenvalue weighted by Gasteiger charge is -2.37. The van der Waals surface area contributed by atoms with Gasteiger partial charge in [-0.1, -0.05) is 38.1 Å². The van der Waals surface area contributed by atoms with Gasteiger partial charge in [0.2, 0.25) is 11.8 Å². The summed E-state index contributed by atoms with van der Waals surface area (Å²) in [6.07, 6.45) is 4.18. The Hall–Kier alpha value is -3.35. The predicted molar refractivity (Wildman–Crippen MR) is 122 cm³/mol. The molecule has 2 aromatic heterocycles. The summed E-state index contributed by atoms with van der Waals surface area (Å²) >= 11 is 0. The van der Waals surface area contributed by atoms with E-state index in [2.05, 4.69) is 20.2 Å². The van der Waals surface area contributed by atoms with Crippen LogP contribution in [0.15, 0.2) is 54.9 Å². The summed E-state index contributed by atoms with van der Waals surface area (Å²) < 4.78 is 0. The van der Waals surface area contributed by atoms with E-state index in [1.165, 1.54) is 0 Å². The molecule has 1 aliphatic rings. The molecule has 0 radical (unpaired) electrons. The second kappa shape index (κ2) is 9.20. The van der Waals surface area contributed by atoms with Gasteiger partial charge in [0.15, 0.2) is 0 Å². The number of anilines is 1. The van der Waals surface area contributed by atoms with Crippen LogP contribution in [0.2, 0.25) is 0 Å². The number of nitrogens with zero attached hydrogens (tertiary/aromatic N) is 3. The van der Waals surface area contributed by atoms with E-state index in [9.17, 15) is 9.59 Å². The molecule has 4 rings (SSSR count). The lowest BCUT2D eigenvalue weighted by atomic mass is 10.0. The van der Waals surface area contributed by atoms with Crippen LogP contribution in [-0.4, -0.2) is 58.9 Å². The van der Waals surface area contributed by atoms with Crippen molar-refractivity contribution in [2.45, 2.75) is 26.3 Å². The first-order valence-corrected chi connectivity index (χ1v) is 10.8. The molecule has 0 spiro atoms. The van der Waals surface area contributed by atoms with Gasteiger partial charge < -0.3 is 20.1 Å². The Morgan fingerprint density at radius 2 is 1.81 bits per heavy atom. The van der Waals surface area contributed by atoms with Gasteiger partial charge in [-0.3, -0.25) is 9.59 Å². The number of rotatable bonds is 6. The van der Waals surface area contributed by atoms with Crippen molar-refractivity contribution in [1.82, 2.24) is 20.2 Å². The highest BCUT2D eigenvalue weighted by atomic mass is 16.2. The molecule has 31 heavy (non-hydrogen) atoms. The zero-order valence-corrected chi connectivity index (χ0v) is 18.0. The van der Waals surface area contributed by atoms with Gasteiger partial charge in [-0.25, -0.2) is 4.98 Å². The number of para-hydroxylation sites is 1. The molecule has 3 aromatic rings. The molecule has 1 fully saturated rings. The van der Waals surface area contributed by atoms with Crippen LogP contribution in [0.4, 0.5) is 5.82 Å². The average molecular weight is 420 g/mol. The number of hydrogen-bond acceptors (Lipinski definition) is 4. The van der Waals surface area contributed by atoms with Crippen LogP contribution in [0.1, 0.15) is 19.4 Å². The third-order valence-corrected chi connectivity index (χ3v) is 5.80. The normalized spacial score (nSPS) is 15.3. The number of pyridine rings is 1. The minimum Gasteiger partial charge on any atom is -0.361 e. The number of amides is 2. The molecule has 7 nitrogen and oxygen atoms in total. The van der Waals surface area contributed by atoms with E-state index in [4.69, 9.17) is 0 Å². The van der Waals surface area contributed by atoms with Crippen LogP contribution < -0.4 is 10.2 Å². The van der Waals surface area contributed by atoms with Gasteiger partial charge in [0.25, 0.3) is 0 Å². The number of hydrogen-bond donors (Lipinski definition) is 2. The first-order valence-electron chi connectivity index (χ1n) is 10.8. The van der Waals surface area contributed by atoms with Crippen molar-refractivity contribution in [3.63, 3.8) is 0 Å². The molecular weight excluding hydrogens is 390 g/mol. The van der Waals surface area contributed by atoms with E-state index in [1.807, 2.05) is 67.4 Å². The summed E-state index contributed by atoms with van der Waals surface area (Å²) in [5.41, 5.74) is 2.06. The van der Waals surface area contributed by atoms with Gasteiger partial charge in [0.1, 0.15) is 11.9 Å². The number of benzene rings is 1. The summed E-state index contributed by atoms with van der Waals surface area (Å²) in [4.78, 5) is 37.6. The van der Waals surface area contributed by atoms with Gasteiger partial charge in [-0.05, 0) is 23.8 Å². The van der Waals surface area contributed by atoms with Crippen LogP contribution in [0.3, 0.4) is 0 Å². The van der Waals surface area contributed by atoms with Crippen molar-refractivity contribution in [2.24, 2.45) is 5.92 Å². The van der Waals surface area contributed by atoms with Gasteiger partial charge >= 0.3 is 0 Å². The van der Waals surface area contributed by atoms with Crippen molar-refractivity contribution in [3.05, 3.63) is 60.4 Å². The molecule has 3 heterocycles. The van der Waals surface area contributed by atoms with E-state index in [1.54, 1.807) is 6.20 Å². The molecule has 1 aromatic carbocycles. The van der Waals surface area contributed by atoms with Crippen molar-refractivity contribution >= 4 is 28.5 Å². The number of piperazine rings is 1. The average Bonchev–Trinajstić information content (AvgIpc) is 3.21. The van der Waals surface area contributed by atoms with Crippen LogP contribution in [0.5, 0.6) is 0 Å². The fraction of sp³-hybridized carbons (Fsp3) is 0.375. The van der Waals surface area contributed by atoms with Crippen LogP contribution in [0, 0.1) is 5.92 Å². The maximum atomic E-state index is 13.4. The molecule has 0 aliphatic carbocycles. The molecule has 0 saturated carbocycles. The summed E-state index contributed by atoms with van der Waals surface area (Å²) in [7, 11) is 0. The van der Waals surface area contributed by atoms with Gasteiger partial charge in [-0.15, -0.1) is 0 Å². The molecule has 1 aliphatic heterocycles. The Balaban J connectivity index is 1.48. The molecule has 1 saturated heterocycles. The highest BCUT2D eigenvalue weighted by Crippen LogP contribution is 2.20. The molecule has 162 valence electrons. The van der Waals surface area contributed by atoms with E-state index >= 15 is 0 Å². The van der Waals surface area contributed by atoms with Crippen LogP contribution in [-0.2, 0) is 16.0 Å². The predicted octanol–water partition coefficient (Wildman–Crippen LogP) is 2.60. The molecular formula is C24H29N5O2. The summed E-state index contributed by atoms with van der Waals surface area (Å²) in [5, 5.41) is 4.07. The van der Waals surface area contributed by atoms with Gasteiger partial charge in [0.05, 0.1) is 0 Å². The van der Waals surface area contributed by atoms with Gasteiger partial charge in [0, 0.05) is 61.8 Å². The zero-order chi connectivity index (χ0) is 21.8. The van der Waals surface area contributed by atoms with Crippen LogP contribution >= 0.6 is 0 Å². The summed E-state index contributed by atoms with van der Waals surface area (Å²) in [6.45, 7) is 6.35. The van der Waals surface area contributed by atoms with E-state index in [0.717, 1.165) is 35.4 Å². The second-order valence-corrected chi connectivity index (χ2v) is 8.28. The molecule has 2 amide bonds. The lowest BCUT2D eigenvalue weighted by Crippen LogP contribution is -2.56. The van der Waals surface area contributed by atoms with Gasteiger partial charge in [-0.2, -0.15) is 0 Å². The van der Waals surface area contributed by atoms with Crippen molar-refractivity contribution < 1.29 is 9.59 Å². The Bertz CT molecular complexity index is 1040. The molecule has 1 unspecified atom stereocenters. The first-order chi connectivity index (χ1) is 15.0. The maximum absolute atomic E-state index is 13.4. The van der Waals surface area contributed by atoms with E-state index in [0.29, 0.717) is 19.5 Å². The van der Waals surface area contributed by atoms with Crippen molar-refractivity contribution in [2.75, 3.05) is 31.1 Å². The Morgan fingerprint density at radius 1 is 1.06 bits per heavy atom. The minimum atomic E-state index is -0.587. The number of carbonyl (C=O) groups excluding carboxylic acids is 2. The lowest BCUT2D eigenvalue weighted by molar-refractivity contribution is -0.137. The highest BCUT2D eigenvalue weighted by Gasteiger charge is 2.30. The number of carbonyl (C=O) groups is 2. The summed E-state index contributed by atoms with van der Waals surface area (Å²) in [6, 6.07) is 13.3. The SMILES string of the molecule is CC(C)C(=O)NC(Cc1c[nH]c2ccccc12)C(=O)N1CCN(c2ccccn2)CC1. The number of aromatic nitrogens is 2. The summed E-state index contributed by atoms with van der Waals surface area (Å²) in [5.74, 6) is 0.614. The van der Waals surface area contributed by atoms with Crippen molar-refractivity contribution in [3.8, 4) is 0 Å². The molecule has 0 bridgehead atoms. The number of nitrogens with one attached hydrogen (secondary N) is 2. The number of fused-ring (bicyclic) bond motifs is 1. The number of aromatic amines is 1. The monoisotopic (exact) mass is 419 g/mol. The minimum absolute atomic E-state index is 0.0278. The van der Waals surface area contributed by atoms with E-state index < -0.39 is 6.04 Å². The fourth-order valence-electron chi connectivity index (χ4n) is 3.98. The topological polar surface area (TPSA) is 81.3 Å². The third-order valence-electron chi connectivity index (χ3n) is 5.80. The standard InChI is InChI=1S/C24H29N5O2/c1-17(2)23(30)27-21(15-18-16-26-20-8-4-3-7-19(18)20)24(31)29-13-11-28(12-14-29)22-9-5-6-10-25-22/h3-10,16-17,21,26H,11-15H2,1-2H3,(H,27,30). The smallest absolute Gasteiger partial charge is 0.245 e. The quantitative estimate of drug-likeness (QED) is 0.644. The molecule has 1 atom stereocenters. The van der Waals surface area contributed by atoms with Crippen molar-refractivity contribution in [1.29, 1.82) is 0 Å². The van der Waals surface area contributed by atoms with E-state index in [-0.39, 0.29) is 17.7 Å². The largest absolute Gasteiger partial charge is 0.361 e. The highest BCUT2D eigenvalue weighted by molar-refractivity contribution is 5.90. The fourth-order valence-corrected chi connectivity index (χ4v) is 3.98. The molecule has 2 N–H and O–H groups in total. The molecule has 7 heteroatoms. The van der Waals surface area contributed by atoms with Crippen LogP contribution in [0.25, 0.3) is 10.9 Å². The Kier molecular flexibility index (Phi) is 6.21. The second-order valence-electron chi connectivity index (χ2n) is 8.28. The first kappa shape index (κ1) is 20.9. The third kappa shape index (κ3) is 4.71.